The van der Waals surface area contributed by atoms with Gasteiger partial charge >= 0.3 is 0 Å². The topological polar surface area (TPSA) is 77.1 Å². The van der Waals surface area contributed by atoms with Crippen molar-refractivity contribution >= 4 is 44.9 Å². The van der Waals surface area contributed by atoms with Crippen molar-refractivity contribution in [3.63, 3.8) is 0 Å². The second kappa shape index (κ2) is 10.4. The average Bonchev–Trinajstić information content (AvgIpc) is 3.42. The zero-order valence-corrected chi connectivity index (χ0v) is 20.6. The summed E-state index contributed by atoms with van der Waals surface area (Å²) < 4.78 is 7.06. The van der Waals surface area contributed by atoms with E-state index < -0.39 is 0 Å². The maximum atomic E-state index is 13.3. The van der Waals surface area contributed by atoms with Crippen LogP contribution < -0.4 is 10.9 Å². The number of thioether (sulfide) groups is 1. The summed E-state index contributed by atoms with van der Waals surface area (Å²) in [4.78, 5) is 32.5. The van der Waals surface area contributed by atoms with E-state index >= 15 is 0 Å². The van der Waals surface area contributed by atoms with Gasteiger partial charge in [0.1, 0.15) is 10.6 Å². The highest BCUT2D eigenvalue weighted by atomic mass is 32.2. The van der Waals surface area contributed by atoms with Crippen molar-refractivity contribution in [2.75, 3.05) is 11.1 Å². The Morgan fingerprint density at radius 1 is 1.21 bits per heavy atom. The first-order valence-electron chi connectivity index (χ1n) is 11.0. The van der Waals surface area contributed by atoms with Crippen molar-refractivity contribution in [2.45, 2.75) is 51.7 Å². The van der Waals surface area contributed by atoms with E-state index in [2.05, 4.69) is 24.4 Å². The Bertz CT molecular complexity index is 1310. The minimum atomic E-state index is -0.140. The molecule has 0 saturated carbocycles. The van der Waals surface area contributed by atoms with Gasteiger partial charge in [-0.15, -0.1) is 11.3 Å². The van der Waals surface area contributed by atoms with Gasteiger partial charge in [0.15, 0.2) is 5.16 Å². The number of amides is 1. The Kier molecular flexibility index (Phi) is 7.35. The zero-order chi connectivity index (χ0) is 23.4. The minimum Gasteiger partial charge on any atom is -0.467 e. The number of unbranched alkanes of at least 4 members (excludes halogenated alkanes) is 1. The molecule has 4 rings (SSSR count). The largest absolute Gasteiger partial charge is 0.467 e. The molecule has 3 heterocycles. The Labute approximate surface area is 201 Å². The lowest BCUT2D eigenvalue weighted by Crippen LogP contribution is -2.24. The number of aromatic nitrogens is 2. The number of thiophene rings is 1. The number of hydrogen-bond donors (Lipinski definition) is 1. The van der Waals surface area contributed by atoms with Gasteiger partial charge in [0.05, 0.1) is 23.9 Å². The second-order valence-electron chi connectivity index (χ2n) is 7.97. The normalized spacial score (nSPS) is 11.2. The number of aryl methyl sites for hydroxylation is 3. The second-order valence-corrected chi connectivity index (χ2v) is 10.1. The van der Waals surface area contributed by atoms with Crippen molar-refractivity contribution in [3.8, 4) is 0 Å². The molecule has 1 N–H and O–H groups in total. The first kappa shape index (κ1) is 23.3. The molecule has 0 bridgehead atoms. The Hall–Kier alpha value is -2.84. The monoisotopic (exact) mass is 481 g/mol. The number of benzene rings is 1. The van der Waals surface area contributed by atoms with Crippen LogP contribution in [0.25, 0.3) is 10.2 Å². The van der Waals surface area contributed by atoms with Gasteiger partial charge in [-0.2, -0.15) is 0 Å². The molecule has 0 aliphatic heterocycles. The third kappa shape index (κ3) is 5.39. The predicted molar refractivity (Wildman–Crippen MR) is 136 cm³/mol. The number of furan rings is 1. The summed E-state index contributed by atoms with van der Waals surface area (Å²) in [7, 11) is 0. The van der Waals surface area contributed by atoms with E-state index in [0.29, 0.717) is 21.1 Å². The number of hydrogen-bond acceptors (Lipinski definition) is 6. The van der Waals surface area contributed by atoms with Crippen LogP contribution >= 0.6 is 23.1 Å². The third-order valence-corrected chi connectivity index (χ3v) is 7.61. The smallest absolute Gasteiger partial charge is 0.263 e. The van der Waals surface area contributed by atoms with Crippen LogP contribution in [0, 0.1) is 13.8 Å². The van der Waals surface area contributed by atoms with E-state index in [9.17, 15) is 9.59 Å². The van der Waals surface area contributed by atoms with Crippen LogP contribution in [-0.4, -0.2) is 21.2 Å². The molecule has 33 heavy (non-hydrogen) atoms. The highest BCUT2D eigenvalue weighted by molar-refractivity contribution is 7.99. The molecule has 0 aliphatic rings. The molecular formula is C25H27N3O3S2. The maximum absolute atomic E-state index is 13.3. The molecule has 0 atom stereocenters. The van der Waals surface area contributed by atoms with Gasteiger partial charge in [0.25, 0.3) is 5.56 Å². The van der Waals surface area contributed by atoms with E-state index in [1.54, 1.807) is 16.9 Å². The van der Waals surface area contributed by atoms with Gasteiger partial charge in [0, 0.05) is 10.6 Å². The van der Waals surface area contributed by atoms with Gasteiger partial charge < -0.3 is 9.73 Å². The van der Waals surface area contributed by atoms with E-state index in [4.69, 9.17) is 9.40 Å². The quantitative estimate of drug-likeness (QED) is 0.242. The number of fused-ring (bicyclic) bond motifs is 1. The average molecular weight is 482 g/mol. The lowest BCUT2D eigenvalue weighted by Gasteiger charge is -2.11. The molecule has 0 saturated heterocycles. The number of rotatable bonds is 9. The molecule has 172 valence electrons. The number of anilines is 1. The number of nitrogens with one attached hydrogen (secondary N) is 1. The fourth-order valence-corrected chi connectivity index (χ4v) is 5.45. The Morgan fingerprint density at radius 2 is 2.00 bits per heavy atom. The fourth-order valence-electron chi connectivity index (χ4n) is 3.58. The summed E-state index contributed by atoms with van der Waals surface area (Å²) in [5, 5.41) is 4.08. The Balaban J connectivity index is 1.52. The highest BCUT2D eigenvalue weighted by Crippen LogP contribution is 2.28. The molecule has 6 nitrogen and oxygen atoms in total. The van der Waals surface area contributed by atoms with Gasteiger partial charge in [-0.3, -0.25) is 14.2 Å². The van der Waals surface area contributed by atoms with E-state index in [1.165, 1.54) is 28.7 Å². The van der Waals surface area contributed by atoms with Crippen molar-refractivity contribution < 1.29 is 9.21 Å². The molecular weight excluding hydrogens is 454 g/mol. The SMILES string of the molecule is CCCCc1ccc(NC(=O)CSc2nc3sc(C)c(C)c3c(=O)n2Cc2ccco2)cc1. The summed E-state index contributed by atoms with van der Waals surface area (Å²) in [6, 6.07) is 11.6. The lowest BCUT2D eigenvalue weighted by molar-refractivity contribution is -0.113. The highest BCUT2D eigenvalue weighted by Gasteiger charge is 2.18. The molecule has 0 radical (unpaired) electrons. The van der Waals surface area contributed by atoms with Crippen LogP contribution in [0.5, 0.6) is 0 Å². The van der Waals surface area contributed by atoms with Crippen LogP contribution in [0.15, 0.2) is 57.0 Å². The zero-order valence-electron chi connectivity index (χ0n) is 19.0. The van der Waals surface area contributed by atoms with Crippen molar-refractivity contribution in [1.29, 1.82) is 0 Å². The van der Waals surface area contributed by atoms with Crippen LogP contribution in [0.2, 0.25) is 0 Å². The summed E-state index contributed by atoms with van der Waals surface area (Å²) in [6.45, 7) is 6.38. The summed E-state index contributed by atoms with van der Waals surface area (Å²) in [6.07, 6.45) is 4.94. The van der Waals surface area contributed by atoms with Gasteiger partial charge in [-0.05, 0) is 62.1 Å². The first-order chi connectivity index (χ1) is 16.0. The first-order valence-corrected chi connectivity index (χ1v) is 12.8. The van der Waals surface area contributed by atoms with Crippen molar-refractivity contribution in [1.82, 2.24) is 9.55 Å². The third-order valence-electron chi connectivity index (χ3n) is 5.54. The molecule has 1 amide bonds. The summed E-state index contributed by atoms with van der Waals surface area (Å²) >= 11 is 2.77. The van der Waals surface area contributed by atoms with Crippen LogP contribution in [-0.2, 0) is 17.8 Å². The van der Waals surface area contributed by atoms with E-state index in [-0.39, 0.29) is 23.8 Å². The number of carbonyl (C=O) groups is 1. The molecule has 0 aliphatic carbocycles. The Morgan fingerprint density at radius 3 is 2.70 bits per heavy atom. The molecule has 8 heteroatoms. The van der Waals surface area contributed by atoms with Gasteiger partial charge in [-0.25, -0.2) is 4.98 Å². The van der Waals surface area contributed by atoms with Crippen molar-refractivity contribution in [2.24, 2.45) is 0 Å². The van der Waals surface area contributed by atoms with Crippen molar-refractivity contribution in [3.05, 3.63) is 74.8 Å². The summed E-state index contributed by atoms with van der Waals surface area (Å²) in [5.74, 6) is 0.674. The predicted octanol–water partition coefficient (Wildman–Crippen LogP) is 5.79. The fraction of sp³-hybridized carbons (Fsp3) is 0.320. The number of carbonyl (C=O) groups excluding carboxylic acids is 1. The molecule has 0 unspecified atom stereocenters. The van der Waals surface area contributed by atoms with Gasteiger partial charge in [-0.1, -0.05) is 37.2 Å². The lowest BCUT2D eigenvalue weighted by atomic mass is 10.1. The molecule has 3 aromatic heterocycles. The van der Waals surface area contributed by atoms with E-state index in [0.717, 1.165) is 35.4 Å². The van der Waals surface area contributed by atoms with Crippen LogP contribution in [0.1, 0.15) is 41.5 Å². The van der Waals surface area contributed by atoms with Crippen LogP contribution in [0.3, 0.4) is 0 Å². The molecule has 4 aromatic rings. The van der Waals surface area contributed by atoms with E-state index in [1.807, 2.05) is 32.0 Å². The minimum absolute atomic E-state index is 0.108. The summed E-state index contributed by atoms with van der Waals surface area (Å²) in [5.41, 5.74) is 2.88. The molecule has 1 aromatic carbocycles. The maximum Gasteiger partial charge on any atom is 0.263 e. The number of nitrogens with zero attached hydrogens (tertiary/aromatic N) is 2. The standard InChI is InChI=1S/C25H27N3O3S2/c1-4-5-7-18-9-11-19(12-10-18)26-21(29)15-32-25-27-23-22(16(2)17(3)33-23)24(30)28(25)14-20-8-6-13-31-20/h6,8-13H,4-5,7,14-15H2,1-3H3,(H,26,29). The molecule has 0 fully saturated rings. The van der Waals surface area contributed by atoms with Crippen LogP contribution in [0.4, 0.5) is 5.69 Å². The van der Waals surface area contributed by atoms with Gasteiger partial charge in [0.2, 0.25) is 5.91 Å². The molecule has 0 spiro atoms.